The summed E-state index contributed by atoms with van der Waals surface area (Å²) in [4.78, 5) is 15.9. The summed E-state index contributed by atoms with van der Waals surface area (Å²) in [5.74, 6) is 0.0739. The van der Waals surface area contributed by atoms with Crippen molar-refractivity contribution in [2.75, 3.05) is 13.2 Å². The van der Waals surface area contributed by atoms with Crippen molar-refractivity contribution in [1.82, 2.24) is 10.1 Å². The number of rotatable bonds is 4. The van der Waals surface area contributed by atoms with E-state index in [4.69, 9.17) is 18.7 Å². The van der Waals surface area contributed by atoms with Gasteiger partial charge in [0.25, 0.3) is 5.89 Å². The highest BCUT2D eigenvalue weighted by Gasteiger charge is 2.18. The van der Waals surface area contributed by atoms with Crippen molar-refractivity contribution in [1.29, 1.82) is 0 Å². The Labute approximate surface area is 126 Å². The molecule has 1 aromatic heterocycles. The standard InChI is InChI=1S/C15H14N2O5/c1-10-4-2-3-5-11(10)14-16-13(22-17-14)9-21-15(18)12-8-19-6-7-20-12/h2-5,8H,6-7,9H2,1H3. The summed E-state index contributed by atoms with van der Waals surface area (Å²) in [6.07, 6.45) is 1.23. The number of hydrogen-bond acceptors (Lipinski definition) is 7. The first-order chi connectivity index (χ1) is 10.7. The van der Waals surface area contributed by atoms with E-state index < -0.39 is 5.97 Å². The summed E-state index contributed by atoms with van der Waals surface area (Å²) < 4.78 is 20.2. The minimum absolute atomic E-state index is 0.0323. The molecule has 1 aliphatic heterocycles. The molecule has 0 saturated heterocycles. The number of aryl methyl sites for hydroxylation is 1. The minimum atomic E-state index is -0.629. The minimum Gasteiger partial charge on any atom is -0.493 e. The number of hydrogen-bond donors (Lipinski definition) is 0. The third-order valence-corrected chi connectivity index (χ3v) is 3.03. The maximum Gasteiger partial charge on any atom is 0.377 e. The van der Waals surface area contributed by atoms with E-state index in [1.165, 1.54) is 6.26 Å². The molecule has 0 saturated carbocycles. The van der Waals surface area contributed by atoms with E-state index >= 15 is 0 Å². The fourth-order valence-corrected chi connectivity index (χ4v) is 1.92. The molecular weight excluding hydrogens is 288 g/mol. The van der Waals surface area contributed by atoms with Gasteiger partial charge in [0.2, 0.25) is 11.6 Å². The number of esters is 1. The molecule has 2 heterocycles. The van der Waals surface area contributed by atoms with Crippen molar-refractivity contribution in [2.45, 2.75) is 13.5 Å². The van der Waals surface area contributed by atoms with E-state index in [9.17, 15) is 4.79 Å². The molecule has 0 atom stereocenters. The lowest BCUT2D eigenvalue weighted by Crippen LogP contribution is -2.17. The van der Waals surface area contributed by atoms with Gasteiger partial charge in [0.1, 0.15) is 19.5 Å². The molecule has 0 amide bonds. The maximum absolute atomic E-state index is 11.7. The van der Waals surface area contributed by atoms with Crippen molar-refractivity contribution < 1.29 is 23.5 Å². The molecule has 7 nitrogen and oxygen atoms in total. The van der Waals surface area contributed by atoms with Crippen LogP contribution in [0.4, 0.5) is 0 Å². The molecule has 0 N–H and O–H groups in total. The molecule has 0 fully saturated rings. The Balaban J connectivity index is 1.64. The molecule has 114 valence electrons. The zero-order valence-corrected chi connectivity index (χ0v) is 11.9. The highest BCUT2D eigenvalue weighted by Crippen LogP contribution is 2.20. The first kappa shape index (κ1) is 14.1. The zero-order valence-electron chi connectivity index (χ0n) is 11.9. The summed E-state index contributed by atoms with van der Waals surface area (Å²) >= 11 is 0. The highest BCUT2D eigenvalue weighted by molar-refractivity contribution is 5.85. The topological polar surface area (TPSA) is 83.7 Å². The molecule has 1 aliphatic rings. The van der Waals surface area contributed by atoms with Gasteiger partial charge >= 0.3 is 5.97 Å². The van der Waals surface area contributed by atoms with Crippen molar-refractivity contribution in [3.05, 3.63) is 47.7 Å². The van der Waals surface area contributed by atoms with Gasteiger partial charge in [-0.15, -0.1) is 0 Å². The Hall–Kier alpha value is -2.83. The van der Waals surface area contributed by atoms with Gasteiger partial charge in [-0.25, -0.2) is 4.79 Å². The third-order valence-electron chi connectivity index (χ3n) is 3.03. The van der Waals surface area contributed by atoms with Crippen molar-refractivity contribution in [3.8, 4) is 11.4 Å². The monoisotopic (exact) mass is 302 g/mol. The fraction of sp³-hybridized carbons (Fsp3) is 0.267. The van der Waals surface area contributed by atoms with E-state index in [0.29, 0.717) is 19.0 Å². The van der Waals surface area contributed by atoms with Crippen LogP contribution in [-0.2, 0) is 25.6 Å². The van der Waals surface area contributed by atoms with Gasteiger partial charge in [0, 0.05) is 5.56 Å². The van der Waals surface area contributed by atoms with Crippen LogP contribution in [0, 0.1) is 6.92 Å². The predicted octanol–water partition coefficient (Wildman–Crippen LogP) is 1.98. The Bertz CT molecular complexity index is 707. The van der Waals surface area contributed by atoms with Crippen LogP contribution in [0.5, 0.6) is 0 Å². The molecule has 7 heteroatoms. The number of benzene rings is 1. The normalized spacial score (nSPS) is 13.8. The second-order valence-corrected chi connectivity index (χ2v) is 4.60. The van der Waals surface area contributed by atoms with Crippen LogP contribution in [0.2, 0.25) is 0 Å². The van der Waals surface area contributed by atoms with Crippen molar-refractivity contribution in [2.24, 2.45) is 0 Å². The Morgan fingerprint density at radius 2 is 2.18 bits per heavy atom. The number of carbonyl (C=O) groups is 1. The molecule has 0 bridgehead atoms. The van der Waals surface area contributed by atoms with Gasteiger partial charge in [0.15, 0.2) is 6.61 Å². The molecule has 0 spiro atoms. The van der Waals surface area contributed by atoms with Crippen LogP contribution in [0.25, 0.3) is 11.4 Å². The molecule has 1 aromatic carbocycles. The lowest BCUT2D eigenvalue weighted by Gasteiger charge is -2.13. The Morgan fingerprint density at radius 1 is 1.32 bits per heavy atom. The summed E-state index contributed by atoms with van der Waals surface area (Å²) in [6, 6.07) is 7.68. The van der Waals surface area contributed by atoms with Gasteiger partial charge < -0.3 is 18.7 Å². The second-order valence-electron chi connectivity index (χ2n) is 4.60. The molecule has 2 aromatic rings. The Kier molecular flexibility index (Phi) is 4.04. The SMILES string of the molecule is Cc1ccccc1-c1noc(COC(=O)C2=COCCO2)n1. The summed E-state index contributed by atoms with van der Waals surface area (Å²) in [7, 11) is 0. The lowest BCUT2D eigenvalue weighted by molar-refractivity contribution is -0.146. The van der Waals surface area contributed by atoms with E-state index in [0.717, 1.165) is 11.1 Å². The van der Waals surface area contributed by atoms with Gasteiger partial charge in [-0.2, -0.15) is 4.98 Å². The van der Waals surface area contributed by atoms with Gasteiger partial charge in [-0.3, -0.25) is 0 Å². The maximum atomic E-state index is 11.7. The fourth-order valence-electron chi connectivity index (χ4n) is 1.92. The molecule has 0 aliphatic carbocycles. The van der Waals surface area contributed by atoms with Gasteiger partial charge in [-0.1, -0.05) is 29.4 Å². The van der Waals surface area contributed by atoms with Crippen LogP contribution in [0.1, 0.15) is 11.5 Å². The number of carbonyl (C=O) groups excluding carboxylic acids is 1. The number of nitrogens with zero attached hydrogens (tertiary/aromatic N) is 2. The smallest absolute Gasteiger partial charge is 0.377 e. The first-order valence-corrected chi connectivity index (χ1v) is 6.74. The number of ether oxygens (including phenoxy) is 3. The number of aromatic nitrogens is 2. The molecule has 0 radical (unpaired) electrons. The van der Waals surface area contributed by atoms with E-state index in [2.05, 4.69) is 10.1 Å². The summed E-state index contributed by atoms with van der Waals surface area (Å²) in [5, 5.41) is 3.89. The van der Waals surface area contributed by atoms with Crippen molar-refractivity contribution >= 4 is 5.97 Å². The van der Waals surface area contributed by atoms with Crippen LogP contribution in [-0.4, -0.2) is 29.3 Å². The van der Waals surface area contributed by atoms with Crippen LogP contribution >= 0.6 is 0 Å². The van der Waals surface area contributed by atoms with E-state index in [1.54, 1.807) is 0 Å². The van der Waals surface area contributed by atoms with Crippen LogP contribution < -0.4 is 0 Å². The van der Waals surface area contributed by atoms with E-state index in [1.807, 2.05) is 31.2 Å². The first-order valence-electron chi connectivity index (χ1n) is 6.74. The average Bonchev–Trinajstić information content (AvgIpc) is 3.02. The van der Waals surface area contributed by atoms with Gasteiger partial charge in [-0.05, 0) is 12.5 Å². The van der Waals surface area contributed by atoms with Crippen LogP contribution in [0.15, 0.2) is 40.8 Å². The molecule has 3 rings (SSSR count). The molecule has 0 unspecified atom stereocenters. The quantitative estimate of drug-likeness (QED) is 0.798. The summed E-state index contributed by atoms with van der Waals surface area (Å²) in [5.41, 5.74) is 1.90. The summed E-state index contributed by atoms with van der Waals surface area (Å²) in [6.45, 7) is 2.57. The second kappa shape index (κ2) is 6.30. The average molecular weight is 302 g/mol. The molecular formula is C15H14N2O5. The largest absolute Gasteiger partial charge is 0.493 e. The van der Waals surface area contributed by atoms with E-state index in [-0.39, 0.29) is 18.3 Å². The van der Waals surface area contributed by atoms with Crippen LogP contribution in [0.3, 0.4) is 0 Å². The molecule has 22 heavy (non-hydrogen) atoms. The predicted molar refractivity (Wildman–Crippen MR) is 74.3 cm³/mol. The Morgan fingerprint density at radius 3 is 2.95 bits per heavy atom. The van der Waals surface area contributed by atoms with Gasteiger partial charge in [0.05, 0.1) is 0 Å². The highest BCUT2D eigenvalue weighted by atomic mass is 16.6. The zero-order chi connectivity index (χ0) is 15.4. The van der Waals surface area contributed by atoms with Crippen molar-refractivity contribution in [3.63, 3.8) is 0 Å². The third kappa shape index (κ3) is 3.08. The lowest BCUT2D eigenvalue weighted by atomic mass is 10.1.